The van der Waals surface area contributed by atoms with Crippen LogP contribution in [0.4, 0.5) is 4.79 Å². The number of nitrogens with two attached hydrogens (primary N) is 1. The molecule has 8 nitrogen and oxygen atoms in total. The van der Waals surface area contributed by atoms with E-state index in [1.807, 2.05) is 17.9 Å². The van der Waals surface area contributed by atoms with Crippen LogP contribution in [0.25, 0.3) is 20.3 Å². The minimum absolute atomic E-state index is 0.0256. The molecule has 1 fully saturated rings. The number of esters is 1. The fraction of sp³-hybridized carbons (Fsp3) is 0.217. The van der Waals surface area contributed by atoms with Gasteiger partial charge in [-0.05, 0) is 37.1 Å². The van der Waals surface area contributed by atoms with Gasteiger partial charge in [-0.25, -0.2) is 9.59 Å². The Morgan fingerprint density at radius 3 is 2.67 bits per heavy atom. The Morgan fingerprint density at radius 1 is 1.15 bits per heavy atom. The topological polar surface area (TPSA) is 112 Å². The lowest BCUT2D eigenvalue weighted by Gasteiger charge is -2.30. The lowest BCUT2D eigenvalue weighted by molar-refractivity contribution is 0.0635. The van der Waals surface area contributed by atoms with Crippen molar-refractivity contribution in [3.63, 3.8) is 0 Å². The van der Waals surface area contributed by atoms with Crippen LogP contribution < -0.4 is 10.5 Å². The second-order valence-corrected chi connectivity index (χ2v) is 9.69. The van der Waals surface area contributed by atoms with Crippen LogP contribution >= 0.6 is 22.7 Å². The zero-order valence-corrected chi connectivity index (χ0v) is 19.3. The first-order valence-electron chi connectivity index (χ1n) is 10.4. The van der Waals surface area contributed by atoms with Crippen molar-refractivity contribution in [2.75, 3.05) is 13.1 Å². The van der Waals surface area contributed by atoms with Crippen molar-refractivity contribution in [2.24, 2.45) is 5.73 Å². The number of hydrogen-bond acceptors (Lipinski definition) is 8. The Labute approximate surface area is 196 Å². The van der Waals surface area contributed by atoms with E-state index in [1.165, 1.54) is 22.7 Å². The summed E-state index contributed by atoms with van der Waals surface area (Å²) in [4.78, 5) is 43.7. The van der Waals surface area contributed by atoms with Crippen LogP contribution in [0.2, 0.25) is 0 Å². The zero-order chi connectivity index (χ0) is 23.1. The highest BCUT2D eigenvalue weighted by molar-refractivity contribution is 7.21. The molecule has 2 N–H and O–H groups in total. The fourth-order valence-electron chi connectivity index (χ4n) is 3.71. The summed E-state index contributed by atoms with van der Waals surface area (Å²) in [7, 11) is 0. The van der Waals surface area contributed by atoms with E-state index in [0.717, 1.165) is 33.8 Å². The molecule has 0 spiro atoms. The van der Waals surface area contributed by atoms with Crippen molar-refractivity contribution in [1.29, 1.82) is 0 Å². The Bertz CT molecular complexity index is 1420. The number of aryl methyl sites for hydroxylation is 1. The van der Waals surface area contributed by atoms with Crippen molar-refractivity contribution in [1.82, 2.24) is 9.88 Å². The van der Waals surface area contributed by atoms with Crippen LogP contribution in [0.15, 0.2) is 36.5 Å². The number of benzene rings is 1. The molecule has 5 rings (SSSR count). The van der Waals surface area contributed by atoms with E-state index in [9.17, 15) is 14.4 Å². The molecule has 4 heterocycles. The van der Waals surface area contributed by atoms with Gasteiger partial charge < -0.3 is 20.1 Å². The van der Waals surface area contributed by atoms with E-state index < -0.39 is 12.1 Å². The number of amides is 2. The van der Waals surface area contributed by atoms with Crippen molar-refractivity contribution in [3.8, 4) is 11.5 Å². The molecule has 33 heavy (non-hydrogen) atoms. The third kappa shape index (κ3) is 3.91. The quantitative estimate of drug-likeness (QED) is 0.319. The van der Waals surface area contributed by atoms with Gasteiger partial charge in [0.15, 0.2) is 0 Å². The first kappa shape index (κ1) is 21.4. The van der Waals surface area contributed by atoms with Crippen molar-refractivity contribution < 1.29 is 23.9 Å². The van der Waals surface area contributed by atoms with Crippen LogP contribution in [0, 0.1) is 0 Å². The maximum atomic E-state index is 12.6. The van der Waals surface area contributed by atoms with E-state index in [1.54, 1.807) is 30.5 Å². The van der Waals surface area contributed by atoms with Gasteiger partial charge in [-0.1, -0.05) is 6.92 Å². The SMILES string of the molecule is CCc1sc2cc(Oc3ccnc4cc(C(=O)N5CCC5)sc34)ccc2c1C(=O)OC(N)=O. The molecular formula is C23H19N3O5S2. The predicted octanol–water partition coefficient (Wildman–Crippen LogP) is 4.95. The smallest absolute Gasteiger partial charge is 0.412 e. The number of carbonyl (C=O) groups is 3. The molecule has 4 aromatic rings. The number of rotatable bonds is 5. The number of pyridine rings is 1. The summed E-state index contributed by atoms with van der Waals surface area (Å²) in [5.74, 6) is 0.455. The van der Waals surface area contributed by atoms with Crippen molar-refractivity contribution >= 4 is 60.9 Å². The van der Waals surface area contributed by atoms with Gasteiger partial charge in [-0.2, -0.15) is 0 Å². The fourth-order valence-corrected chi connectivity index (χ4v) is 5.90. The summed E-state index contributed by atoms with van der Waals surface area (Å²) in [6.07, 6.45) is 2.16. The average molecular weight is 482 g/mol. The standard InChI is InChI=1S/C23H19N3O5S2/c1-2-16-19(22(28)31-23(24)29)13-5-4-12(10-17(13)32-16)30-15-6-7-25-14-11-18(33-20(14)15)21(27)26-8-3-9-26/h4-7,10-11H,2-3,8-9H2,1H3,(H2,24,29). The maximum absolute atomic E-state index is 12.6. The van der Waals surface area contributed by atoms with E-state index in [-0.39, 0.29) is 5.91 Å². The molecule has 1 aliphatic rings. The number of ether oxygens (including phenoxy) is 2. The van der Waals surface area contributed by atoms with Crippen molar-refractivity contribution in [3.05, 3.63) is 51.8 Å². The van der Waals surface area contributed by atoms with Gasteiger partial charge in [0.25, 0.3) is 5.91 Å². The summed E-state index contributed by atoms with van der Waals surface area (Å²) in [5, 5.41) is 0.675. The maximum Gasteiger partial charge on any atom is 0.412 e. The molecule has 2 amide bonds. The minimum Gasteiger partial charge on any atom is -0.456 e. The van der Waals surface area contributed by atoms with Gasteiger partial charge in [-0.15, -0.1) is 22.7 Å². The number of nitrogens with zero attached hydrogens (tertiary/aromatic N) is 2. The molecule has 1 saturated heterocycles. The molecule has 168 valence electrons. The Kier molecular flexibility index (Phi) is 5.47. The van der Waals surface area contributed by atoms with E-state index in [2.05, 4.69) is 9.72 Å². The zero-order valence-electron chi connectivity index (χ0n) is 17.6. The summed E-state index contributed by atoms with van der Waals surface area (Å²) < 4.78 is 12.4. The van der Waals surface area contributed by atoms with Crippen LogP contribution in [0.5, 0.6) is 11.5 Å². The van der Waals surface area contributed by atoms with Gasteiger partial charge >= 0.3 is 12.1 Å². The Morgan fingerprint density at radius 2 is 1.97 bits per heavy atom. The molecule has 0 unspecified atom stereocenters. The molecule has 0 atom stereocenters. The molecule has 1 aromatic carbocycles. The first-order valence-corrected chi connectivity index (χ1v) is 12.0. The van der Waals surface area contributed by atoms with Crippen LogP contribution in [-0.4, -0.2) is 40.9 Å². The van der Waals surface area contributed by atoms with Gasteiger partial charge in [0.05, 0.1) is 20.7 Å². The van der Waals surface area contributed by atoms with Crippen LogP contribution in [-0.2, 0) is 11.2 Å². The number of thiophene rings is 2. The number of hydrogen-bond donors (Lipinski definition) is 1. The Balaban J connectivity index is 1.48. The molecule has 0 radical (unpaired) electrons. The average Bonchev–Trinajstić information content (AvgIpc) is 3.33. The van der Waals surface area contributed by atoms with Gasteiger partial charge in [0, 0.05) is 40.3 Å². The molecule has 0 saturated carbocycles. The van der Waals surface area contributed by atoms with Crippen molar-refractivity contribution in [2.45, 2.75) is 19.8 Å². The molecule has 1 aliphatic heterocycles. The van der Waals surface area contributed by atoms with Gasteiger partial charge in [0.2, 0.25) is 0 Å². The first-order chi connectivity index (χ1) is 15.9. The number of fused-ring (bicyclic) bond motifs is 2. The second-order valence-electron chi connectivity index (χ2n) is 7.50. The van der Waals surface area contributed by atoms with Crippen LogP contribution in [0.1, 0.15) is 38.3 Å². The van der Waals surface area contributed by atoms with E-state index in [4.69, 9.17) is 10.5 Å². The highest BCUT2D eigenvalue weighted by atomic mass is 32.1. The van der Waals surface area contributed by atoms with E-state index in [0.29, 0.717) is 39.3 Å². The monoisotopic (exact) mass is 481 g/mol. The highest BCUT2D eigenvalue weighted by Gasteiger charge is 2.25. The third-order valence-electron chi connectivity index (χ3n) is 5.41. The molecule has 0 bridgehead atoms. The lowest BCUT2D eigenvalue weighted by Crippen LogP contribution is -2.41. The Hall–Kier alpha value is -3.50. The van der Waals surface area contributed by atoms with Gasteiger partial charge in [0.1, 0.15) is 11.5 Å². The molecular weight excluding hydrogens is 462 g/mol. The number of likely N-dealkylation sites (tertiary alicyclic amines) is 1. The molecule has 0 aliphatic carbocycles. The normalized spacial score (nSPS) is 13.2. The summed E-state index contributed by atoms with van der Waals surface area (Å²) in [5.41, 5.74) is 6.07. The second kappa shape index (κ2) is 8.45. The largest absolute Gasteiger partial charge is 0.456 e. The lowest BCUT2D eigenvalue weighted by atomic mass is 10.1. The number of primary amides is 1. The minimum atomic E-state index is -1.13. The third-order valence-corrected chi connectivity index (χ3v) is 7.83. The van der Waals surface area contributed by atoms with E-state index >= 15 is 0 Å². The predicted molar refractivity (Wildman–Crippen MR) is 126 cm³/mol. The van der Waals surface area contributed by atoms with Crippen LogP contribution in [0.3, 0.4) is 0 Å². The number of carbonyl (C=O) groups excluding carboxylic acids is 3. The summed E-state index contributed by atoms with van der Waals surface area (Å²) in [6, 6.07) is 8.93. The van der Waals surface area contributed by atoms with Gasteiger partial charge in [-0.3, -0.25) is 9.78 Å². The summed E-state index contributed by atoms with van der Waals surface area (Å²) >= 11 is 2.81. The molecule has 10 heteroatoms. The highest BCUT2D eigenvalue weighted by Crippen LogP contribution is 2.39. The number of aromatic nitrogens is 1. The summed E-state index contributed by atoms with van der Waals surface area (Å²) in [6.45, 7) is 3.51. The molecule has 3 aromatic heterocycles.